The number of carbonyl (C=O) groups excluding carboxylic acids is 2. The SMILES string of the molecule is CCCCCCCCC=CCCCCCCCC(=O)O.O=C1CNC(=O)N1. The van der Waals surface area contributed by atoms with Crippen LogP contribution in [0.2, 0.25) is 0 Å². The average Bonchev–Trinajstić information content (AvgIpc) is 3.01. The fraction of sp³-hybridized carbons (Fsp3) is 0.762. The highest BCUT2D eigenvalue weighted by molar-refractivity contribution is 6.01. The number of carbonyl (C=O) groups is 3. The predicted molar refractivity (Wildman–Crippen MR) is 109 cm³/mol. The minimum atomic E-state index is -0.664. The van der Waals surface area contributed by atoms with Gasteiger partial charge in [0, 0.05) is 6.42 Å². The first-order valence-corrected chi connectivity index (χ1v) is 10.5. The molecular weight excluding hydrogens is 344 g/mol. The molecule has 1 saturated heterocycles. The van der Waals surface area contributed by atoms with Crippen LogP contribution in [0.4, 0.5) is 4.79 Å². The molecule has 0 atom stereocenters. The zero-order valence-electron chi connectivity index (χ0n) is 16.9. The first kappa shape index (κ1) is 25.1. The maximum atomic E-state index is 10.3. The standard InChI is InChI=1S/C18H34O2.C3H4N2O2/c1-2-3-4-5-6-7-8-9-10-11-12-13-14-15-16-17-18(19)20;6-2-1-4-3(7)5-2/h9-10H,2-8,11-17H2,1H3,(H,19,20);1H2,(H2,4,5,6,7). The van der Waals surface area contributed by atoms with Gasteiger partial charge in [-0.05, 0) is 32.1 Å². The summed E-state index contributed by atoms with van der Waals surface area (Å²) in [4.78, 5) is 30.4. The van der Waals surface area contributed by atoms with Crippen molar-refractivity contribution in [2.45, 2.75) is 96.8 Å². The summed E-state index contributed by atoms with van der Waals surface area (Å²) in [5.74, 6) is -0.923. The highest BCUT2D eigenvalue weighted by atomic mass is 16.4. The zero-order chi connectivity index (χ0) is 20.2. The van der Waals surface area contributed by atoms with Gasteiger partial charge in [-0.25, -0.2) is 4.79 Å². The lowest BCUT2D eigenvalue weighted by molar-refractivity contribution is -0.137. The van der Waals surface area contributed by atoms with Gasteiger partial charge in [0.1, 0.15) is 0 Å². The van der Waals surface area contributed by atoms with Crippen LogP contribution in [0.25, 0.3) is 0 Å². The molecule has 0 bridgehead atoms. The van der Waals surface area contributed by atoms with Crippen LogP contribution < -0.4 is 10.6 Å². The predicted octanol–water partition coefficient (Wildman–Crippen LogP) is 4.93. The molecule has 6 heteroatoms. The number of nitrogens with one attached hydrogen (secondary N) is 2. The van der Waals surface area contributed by atoms with E-state index in [4.69, 9.17) is 5.11 Å². The highest BCUT2D eigenvalue weighted by Crippen LogP contribution is 2.09. The number of rotatable bonds is 15. The van der Waals surface area contributed by atoms with Crippen LogP contribution in [0, 0.1) is 0 Å². The summed E-state index contributed by atoms with van der Waals surface area (Å²) in [6, 6.07) is -0.398. The molecule has 1 aliphatic rings. The maximum absolute atomic E-state index is 10.3. The molecule has 1 aliphatic heterocycles. The number of amides is 3. The fourth-order valence-electron chi connectivity index (χ4n) is 2.72. The highest BCUT2D eigenvalue weighted by Gasteiger charge is 2.14. The molecule has 3 N–H and O–H groups in total. The number of hydrogen-bond donors (Lipinski definition) is 3. The third-order valence-electron chi connectivity index (χ3n) is 4.31. The Morgan fingerprint density at radius 3 is 1.81 bits per heavy atom. The molecule has 0 aromatic heterocycles. The summed E-state index contributed by atoms with van der Waals surface area (Å²) >= 11 is 0. The molecular formula is C21H38N2O4. The lowest BCUT2D eigenvalue weighted by Crippen LogP contribution is -2.22. The van der Waals surface area contributed by atoms with Crippen molar-refractivity contribution in [3.63, 3.8) is 0 Å². The summed E-state index contributed by atoms with van der Waals surface area (Å²) in [7, 11) is 0. The number of aliphatic carboxylic acids is 1. The molecule has 6 nitrogen and oxygen atoms in total. The second-order valence-electron chi connectivity index (χ2n) is 6.96. The lowest BCUT2D eigenvalue weighted by Gasteiger charge is -1.99. The topological polar surface area (TPSA) is 95.5 Å². The van der Waals surface area contributed by atoms with Crippen molar-refractivity contribution in [2.24, 2.45) is 0 Å². The van der Waals surface area contributed by atoms with Crippen molar-refractivity contribution in [3.8, 4) is 0 Å². The molecule has 156 valence electrons. The molecule has 1 rings (SSSR count). The van der Waals surface area contributed by atoms with Crippen molar-refractivity contribution < 1.29 is 19.5 Å². The van der Waals surface area contributed by atoms with Crippen molar-refractivity contribution >= 4 is 17.9 Å². The van der Waals surface area contributed by atoms with Gasteiger partial charge in [-0.1, -0.05) is 70.4 Å². The number of allylic oxidation sites excluding steroid dienone is 2. The Kier molecular flexibility index (Phi) is 17.6. The van der Waals surface area contributed by atoms with Crippen molar-refractivity contribution in [2.75, 3.05) is 6.54 Å². The molecule has 0 saturated carbocycles. The van der Waals surface area contributed by atoms with E-state index in [0.29, 0.717) is 6.42 Å². The van der Waals surface area contributed by atoms with E-state index in [1.807, 2.05) is 5.32 Å². The average molecular weight is 383 g/mol. The van der Waals surface area contributed by atoms with Gasteiger partial charge in [-0.2, -0.15) is 0 Å². The Hall–Kier alpha value is -1.85. The van der Waals surface area contributed by atoms with Gasteiger partial charge < -0.3 is 10.4 Å². The van der Waals surface area contributed by atoms with Gasteiger partial charge in [0.15, 0.2) is 0 Å². The van der Waals surface area contributed by atoms with Gasteiger partial charge in [-0.15, -0.1) is 0 Å². The zero-order valence-corrected chi connectivity index (χ0v) is 16.9. The van der Waals surface area contributed by atoms with Crippen LogP contribution in [0.1, 0.15) is 96.8 Å². The van der Waals surface area contributed by atoms with E-state index >= 15 is 0 Å². The Balaban J connectivity index is 0.000000797. The summed E-state index contributed by atoms with van der Waals surface area (Å²) in [5, 5.41) is 12.8. The van der Waals surface area contributed by atoms with E-state index in [1.54, 1.807) is 0 Å². The number of imide groups is 1. The molecule has 0 aromatic rings. The lowest BCUT2D eigenvalue weighted by atomic mass is 10.1. The summed E-state index contributed by atoms with van der Waals surface area (Å²) in [5.41, 5.74) is 0. The normalized spacial score (nSPS) is 13.2. The Bertz CT molecular complexity index is 422. The van der Waals surface area contributed by atoms with Crippen LogP contribution >= 0.6 is 0 Å². The first-order chi connectivity index (χ1) is 13.1. The number of carboxylic acid groups (broad SMARTS) is 1. The monoisotopic (exact) mass is 382 g/mol. The largest absolute Gasteiger partial charge is 0.481 e. The van der Waals surface area contributed by atoms with Crippen LogP contribution in [-0.4, -0.2) is 29.6 Å². The van der Waals surface area contributed by atoms with Gasteiger partial charge in [0.25, 0.3) is 0 Å². The van der Waals surface area contributed by atoms with E-state index in [1.165, 1.54) is 70.6 Å². The van der Waals surface area contributed by atoms with E-state index in [0.717, 1.165) is 12.8 Å². The van der Waals surface area contributed by atoms with Crippen molar-refractivity contribution in [1.29, 1.82) is 0 Å². The quantitative estimate of drug-likeness (QED) is 0.212. The summed E-state index contributed by atoms with van der Waals surface area (Å²) < 4.78 is 0. The molecule has 0 spiro atoms. The maximum Gasteiger partial charge on any atom is 0.321 e. The third-order valence-corrected chi connectivity index (χ3v) is 4.31. The fourth-order valence-corrected chi connectivity index (χ4v) is 2.72. The van der Waals surface area contributed by atoms with E-state index in [9.17, 15) is 14.4 Å². The van der Waals surface area contributed by atoms with Gasteiger partial charge >= 0.3 is 12.0 Å². The van der Waals surface area contributed by atoms with Crippen LogP contribution in [0.3, 0.4) is 0 Å². The van der Waals surface area contributed by atoms with Gasteiger partial charge in [-0.3, -0.25) is 14.9 Å². The van der Waals surface area contributed by atoms with Crippen molar-refractivity contribution in [3.05, 3.63) is 12.2 Å². The molecule has 0 aliphatic carbocycles. The van der Waals surface area contributed by atoms with Gasteiger partial charge in [0.05, 0.1) is 6.54 Å². The number of hydrogen-bond acceptors (Lipinski definition) is 3. The van der Waals surface area contributed by atoms with E-state index < -0.39 is 12.0 Å². The second-order valence-corrected chi connectivity index (χ2v) is 6.96. The molecule has 0 unspecified atom stereocenters. The Morgan fingerprint density at radius 1 is 0.889 bits per heavy atom. The molecule has 3 amide bonds. The molecule has 1 fully saturated rings. The molecule has 27 heavy (non-hydrogen) atoms. The van der Waals surface area contributed by atoms with E-state index in [-0.39, 0.29) is 12.5 Å². The molecule has 1 heterocycles. The minimum absolute atomic E-state index is 0.124. The first-order valence-electron chi connectivity index (χ1n) is 10.5. The third kappa shape index (κ3) is 20.3. The van der Waals surface area contributed by atoms with Crippen LogP contribution in [0.5, 0.6) is 0 Å². The smallest absolute Gasteiger partial charge is 0.321 e. The second kappa shape index (κ2) is 18.9. The molecule has 0 aromatic carbocycles. The van der Waals surface area contributed by atoms with Crippen LogP contribution in [-0.2, 0) is 9.59 Å². The summed E-state index contributed by atoms with van der Waals surface area (Å²) in [6.45, 7) is 2.38. The van der Waals surface area contributed by atoms with E-state index in [2.05, 4.69) is 24.4 Å². The minimum Gasteiger partial charge on any atom is -0.481 e. The Morgan fingerprint density at radius 2 is 1.41 bits per heavy atom. The Labute approximate surface area is 164 Å². The number of unbranched alkanes of at least 4 members (excludes halogenated alkanes) is 11. The molecule has 0 radical (unpaired) electrons. The van der Waals surface area contributed by atoms with Crippen LogP contribution in [0.15, 0.2) is 12.2 Å². The number of urea groups is 1. The number of carboxylic acids is 1. The van der Waals surface area contributed by atoms with Crippen molar-refractivity contribution in [1.82, 2.24) is 10.6 Å². The van der Waals surface area contributed by atoms with Gasteiger partial charge in [0.2, 0.25) is 5.91 Å². The summed E-state index contributed by atoms with van der Waals surface area (Å²) in [6.07, 6.45) is 21.2.